The summed E-state index contributed by atoms with van der Waals surface area (Å²) in [6.07, 6.45) is 7.27. The van der Waals surface area contributed by atoms with Crippen LogP contribution < -0.4 is 14.5 Å². The van der Waals surface area contributed by atoms with Crippen molar-refractivity contribution in [1.29, 1.82) is 0 Å². The molecule has 0 aromatic heterocycles. The molecule has 170 valence electrons. The highest BCUT2D eigenvalue weighted by Crippen LogP contribution is 2.40. The first kappa shape index (κ1) is 23.1. The van der Waals surface area contributed by atoms with Crippen molar-refractivity contribution < 1.29 is 28.6 Å². The number of anilines is 2. The number of carbonyl (C=O) groups is 3. The molecule has 32 heavy (non-hydrogen) atoms. The first-order valence-electron chi connectivity index (χ1n) is 10.4. The van der Waals surface area contributed by atoms with Crippen molar-refractivity contribution >= 4 is 29.2 Å². The number of allylic oxidation sites excluding steroid dienone is 2. The predicted octanol–water partition coefficient (Wildman–Crippen LogP) is 3.34. The Morgan fingerprint density at radius 1 is 1.12 bits per heavy atom. The van der Waals surface area contributed by atoms with E-state index in [2.05, 4.69) is 0 Å². The molecule has 2 aliphatic heterocycles. The Labute approximate surface area is 187 Å². The SMILES string of the molecule is CCCN1C(=O)C(C)(C)COc2cc(N3C=CC=CC(C(=O)OC)=C3C(=O)OC)ccc21. The van der Waals surface area contributed by atoms with Gasteiger partial charge < -0.3 is 24.0 Å². The normalized spacial score (nSPS) is 17.3. The van der Waals surface area contributed by atoms with Crippen LogP contribution in [0.1, 0.15) is 27.2 Å². The fourth-order valence-corrected chi connectivity index (χ4v) is 3.60. The summed E-state index contributed by atoms with van der Waals surface area (Å²) < 4.78 is 15.8. The van der Waals surface area contributed by atoms with E-state index < -0.39 is 17.4 Å². The van der Waals surface area contributed by atoms with Crippen LogP contribution in [0.25, 0.3) is 0 Å². The lowest BCUT2D eigenvalue weighted by molar-refractivity contribution is -0.139. The zero-order valence-electron chi connectivity index (χ0n) is 19.0. The van der Waals surface area contributed by atoms with E-state index in [0.29, 0.717) is 23.7 Å². The molecule has 8 nitrogen and oxygen atoms in total. The second kappa shape index (κ2) is 9.30. The van der Waals surface area contributed by atoms with Crippen molar-refractivity contribution in [2.45, 2.75) is 27.2 Å². The number of amides is 1. The number of fused-ring (bicyclic) bond motifs is 1. The van der Waals surface area contributed by atoms with Gasteiger partial charge in [0.15, 0.2) is 0 Å². The fourth-order valence-electron chi connectivity index (χ4n) is 3.60. The van der Waals surface area contributed by atoms with Gasteiger partial charge in [0.1, 0.15) is 18.1 Å². The zero-order chi connectivity index (χ0) is 23.5. The molecule has 1 aromatic rings. The topological polar surface area (TPSA) is 85.4 Å². The van der Waals surface area contributed by atoms with Gasteiger partial charge in [-0.1, -0.05) is 13.0 Å². The number of hydrogen-bond donors (Lipinski definition) is 0. The van der Waals surface area contributed by atoms with Gasteiger partial charge in [-0.2, -0.15) is 0 Å². The van der Waals surface area contributed by atoms with E-state index in [1.165, 1.54) is 20.3 Å². The van der Waals surface area contributed by atoms with Crippen molar-refractivity contribution in [2.75, 3.05) is 37.2 Å². The molecule has 0 radical (unpaired) electrons. The molecule has 0 unspecified atom stereocenters. The zero-order valence-corrected chi connectivity index (χ0v) is 19.0. The maximum absolute atomic E-state index is 13.1. The summed E-state index contributed by atoms with van der Waals surface area (Å²) in [5.74, 6) is -0.846. The molecule has 2 heterocycles. The Hall–Kier alpha value is -3.55. The van der Waals surface area contributed by atoms with Crippen molar-refractivity contribution in [3.63, 3.8) is 0 Å². The van der Waals surface area contributed by atoms with Crippen LogP contribution in [-0.4, -0.2) is 45.2 Å². The third kappa shape index (κ3) is 4.26. The molecule has 8 heteroatoms. The van der Waals surface area contributed by atoms with E-state index in [9.17, 15) is 14.4 Å². The van der Waals surface area contributed by atoms with Gasteiger partial charge in [-0.05, 0) is 44.6 Å². The van der Waals surface area contributed by atoms with Gasteiger partial charge in [0.2, 0.25) is 5.91 Å². The molecule has 0 spiro atoms. The molecule has 0 aliphatic carbocycles. The summed E-state index contributed by atoms with van der Waals surface area (Å²) in [4.78, 5) is 41.4. The molecule has 3 rings (SSSR count). The highest BCUT2D eigenvalue weighted by molar-refractivity contribution is 6.05. The number of rotatable bonds is 5. The Bertz CT molecular complexity index is 1020. The summed E-state index contributed by atoms with van der Waals surface area (Å²) in [5.41, 5.74) is 0.619. The number of nitrogens with zero attached hydrogens (tertiary/aromatic N) is 2. The van der Waals surface area contributed by atoms with E-state index in [1.54, 1.807) is 46.4 Å². The standard InChI is InChI=1S/C24H28N2O6/c1-6-12-26-18-11-10-16(14-19(18)32-15-24(2,3)23(26)29)25-13-8-7-9-17(21(27)30-4)20(25)22(28)31-5/h7-11,13-14H,6,12,15H2,1-5H3. The minimum absolute atomic E-state index is 0.00663. The molecule has 1 aromatic carbocycles. The number of benzene rings is 1. The monoisotopic (exact) mass is 440 g/mol. The number of methoxy groups -OCH3 is 2. The van der Waals surface area contributed by atoms with Crippen molar-refractivity contribution in [1.82, 2.24) is 0 Å². The van der Waals surface area contributed by atoms with Crippen LogP contribution in [0.4, 0.5) is 11.4 Å². The Balaban J connectivity index is 2.14. The van der Waals surface area contributed by atoms with Gasteiger partial charge in [-0.25, -0.2) is 9.59 Å². The van der Waals surface area contributed by atoms with Crippen LogP contribution >= 0.6 is 0 Å². The summed E-state index contributed by atoms with van der Waals surface area (Å²) in [6.45, 7) is 6.50. The molecule has 0 atom stereocenters. The molecule has 0 N–H and O–H groups in total. The van der Waals surface area contributed by atoms with Gasteiger partial charge in [-0.15, -0.1) is 0 Å². The van der Waals surface area contributed by atoms with E-state index in [1.807, 2.05) is 20.8 Å². The Morgan fingerprint density at radius 2 is 1.84 bits per heavy atom. The highest BCUT2D eigenvalue weighted by Gasteiger charge is 2.38. The highest BCUT2D eigenvalue weighted by atomic mass is 16.5. The second-order valence-electron chi connectivity index (χ2n) is 8.10. The third-order valence-corrected chi connectivity index (χ3v) is 5.26. The molecule has 1 amide bonds. The van der Waals surface area contributed by atoms with E-state index in [0.717, 1.165) is 6.42 Å². The molecule has 0 fully saturated rings. The minimum atomic E-state index is -0.693. The Kier molecular flexibility index (Phi) is 6.72. The molecule has 0 saturated carbocycles. The van der Waals surface area contributed by atoms with Crippen LogP contribution in [0.15, 0.2) is 53.9 Å². The van der Waals surface area contributed by atoms with E-state index in [4.69, 9.17) is 14.2 Å². The maximum Gasteiger partial charge on any atom is 0.355 e. The second-order valence-corrected chi connectivity index (χ2v) is 8.10. The van der Waals surface area contributed by atoms with Gasteiger partial charge in [0.25, 0.3) is 0 Å². The van der Waals surface area contributed by atoms with Gasteiger partial charge in [0.05, 0.1) is 30.9 Å². The molecule has 0 bridgehead atoms. The average molecular weight is 440 g/mol. The predicted molar refractivity (Wildman–Crippen MR) is 120 cm³/mol. The summed E-state index contributed by atoms with van der Waals surface area (Å²) in [5, 5.41) is 0. The van der Waals surface area contributed by atoms with Crippen LogP contribution in [-0.2, 0) is 23.9 Å². The van der Waals surface area contributed by atoms with Gasteiger partial charge in [-0.3, -0.25) is 4.79 Å². The van der Waals surface area contributed by atoms with Crippen molar-refractivity contribution in [3.8, 4) is 5.75 Å². The molecular weight excluding hydrogens is 412 g/mol. The number of hydrogen-bond acceptors (Lipinski definition) is 7. The average Bonchev–Trinajstić information content (AvgIpc) is 3.07. The van der Waals surface area contributed by atoms with Crippen LogP contribution in [0.3, 0.4) is 0 Å². The number of esters is 2. The molecule has 0 saturated heterocycles. The van der Waals surface area contributed by atoms with Crippen LogP contribution in [0, 0.1) is 5.41 Å². The maximum atomic E-state index is 13.1. The molecular formula is C24H28N2O6. The third-order valence-electron chi connectivity index (χ3n) is 5.26. The number of carbonyl (C=O) groups excluding carboxylic acids is 3. The lowest BCUT2D eigenvalue weighted by atomic mass is 9.93. The first-order chi connectivity index (χ1) is 15.2. The first-order valence-corrected chi connectivity index (χ1v) is 10.4. The quantitative estimate of drug-likeness (QED) is 0.649. The fraction of sp³-hybridized carbons (Fsp3) is 0.375. The van der Waals surface area contributed by atoms with Crippen LogP contribution in [0.5, 0.6) is 5.75 Å². The number of ether oxygens (including phenoxy) is 3. The van der Waals surface area contributed by atoms with Crippen molar-refractivity contribution in [2.24, 2.45) is 5.41 Å². The van der Waals surface area contributed by atoms with E-state index in [-0.39, 0.29) is 23.8 Å². The lowest BCUT2D eigenvalue weighted by Crippen LogP contribution is -2.42. The smallest absolute Gasteiger partial charge is 0.355 e. The van der Waals surface area contributed by atoms with Gasteiger partial charge in [0, 0.05) is 24.5 Å². The Morgan fingerprint density at radius 3 is 2.50 bits per heavy atom. The lowest BCUT2D eigenvalue weighted by Gasteiger charge is -2.28. The summed E-state index contributed by atoms with van der Waals surface area (Å²) in [6, 6.07) is 5.31. The summed E-state index contributed by atoms with van der Waals surface area (Å²) in [7, 11) is 2.50. The summed E-state index contributed by atoms with van der Waals surface area (Å²) >= 11 is 0. The minimum Gasteiger partial charge on any atom is -0.490 e. The van der Waals surface area contributed by atoms with Gasteiger partial charge >= 0.3 is 11.9 Å². The largest absolute Gasteiger partial charge is 0.490 e. The molecule has 2 aliphatic rings. The van der Waals surface area contributed by atoms with E-state index >= 15 is 0 Å². The van der Waals surface area contributed by atoms with Crippen LogP contribution in [0.2, 0.25) is 0 Å². The van der Waals surface area contributed by atoms with Crippen molar-refractivity contribution in [3.05, 3.63) is 53.9 Å².